The molecule has 0 aliphatic rings. The molecule has 1 aromatic rings. The van der Waals surface area contributed by atoms with E-state index >= 15 is 0 Å². The third-order valence-electron chi connectivity index (χ3n) is 2.60. The topological polar surface area (TPSA) is 93.5 Å². The summed E-state index contributed by atoms with van der Waals surface area (Å²) < 4.78 is 0. The zero-order chi connectivity index (χ0) is 14.1. The lowest BCUT2D eigenvalue weighted by Gasteiger charge is -2.06. The average molecular weight is 262 g/mol. The maximum atomic E-state index is 11.5. The van der Waals surface area contributed by atoms with Crippen molar-refractivity contribution in [2.75, 3.05) is 6.54 Å². The molecule has 0 heterocycles. The van der Waals surface area contributed by atoms with Crippen LogP contribution in [0.15, 0.2) is 29.3 Å². The van der Waals surface area contributed by atoms with Crippen LogP contribution in [0.1, 0.15) is 30.9 Å². The molecule has 5 heteroatoms. The van der Waals surface area contributed by atoms with E-state index < -0.39 is 0 Å². The third-order valence-corrected chi connectivity index (χ3v) is 2.60. The first-order valence-electron chi connectivity index (χ1n) is 6.43. The van der Waals surface area contributed by atoms with Crippen LogP contribution in [0, 0.1) is 0 Å². The highest BCUT2D eigenvalue weighted by molar-refractivity contribution is 5.77. The largest absolute Gasteiger partial charge is 0.388 e. The van der Waals surface area contributed by atoms with Crippen LogP contribution in [0.5, 0.6) is 0 Å². The molecule has 0 unspecified atom stereocenters. The van der Waals surface area contributed by atoms with Gasteiger partial charge in [0.05, 0.1) is 12.4 Å². The number of nitrogens with one attached hydrogen (secondary N) is 1. The van der Waals surface area contributed by atoms with E-state index in [1.165, 1.54) is 0 Å². The van der Waals surface area contributed by atoms with Crippen LogP contribution in [0.4, 0.5) is 0 Å². The van der Waals surface area contributed by atoms with Crippen LogP contribution in [0.3, 0.4) is 0 Å². The minimum atomic E-state index is 0.0340. The number of rotatable bonds is 7. The fraction of sp³-hybridized carbons (Fsp3) is 0.429. The Bertz CT molecular complexity index is 439. The van der Waals surface area contributed by atoms with E-state index in [-0.39, 0.29) is 5.91 Å². The number of hydrogen-bond acceptors (Lipinski definition) is 3. The molecule has 0 saturated heterocycles. The quantitative estimate of drug-likeness (QED) is 0.504. The van der Waals surface area contributed by atoms with E-state index in [9.17, 15) is 4.79 Å². The summed E-state index contributed by atoms with van der Waals surface area (Å²) >= 11 is 0. The lowest BCUT2D eigenvalue weighted by atomic mass is 10.1. The normalized spacial score (nSPS) is 11.4. The van der Waals surface area contributed by atoms with Gasteiger partial charge in [-0.05, 0) is 31.0 Å². The standard InChI is InChI=1S/C14H22N4O/c1-11(16)17-9-12-4-2-5-13(8-12)10-18-14(19)6-3-7-15/h2,4-5,8H,3,6-7,9-10,15H2,1H3,(H2,16,17)(H,18,19). The molecule has 0 spiro atoms. The minimum absolute atomic E-state index is 0.0340. The Morgan fingerprint density at radius 3 is 2.79 bits per heavy atom. The third kappa shape index (κ3) is 6.57. The Morgan fingerprint density at radius 1 is 1.37 bits per heavy atom. The number of benzene rings is 1. The monoisotopic (exact) mass is 262 g/mol. The van der Waals surface area contributed by atoms with Gasteiger partial charge in [0, 0.05) is 13.0 Å². The molecule has 0 radical (unpaired) electrons. The predicted octanol–water partition coefficient (Wildman–Crippen LogP) is 0.919. The zero-order valence-corrected chi connectivity index (χ0v) is 11.4. The van der Waals surface area contributed by atoms with Crippen molar-refractivity contribution in [2.45, 2.75) is 32.9 Å². The van der Waals surface area contributed by atoms with Crippen molar-refractivity contribution >= 4 is 11.7 Å². The second-order valence-corrected chi connectivity index (χ2v) is 4.45. The Hall–Kier alpha value is -1.88. The molecule has 19 heavy (non-hydrogen) atoms. The summed E-state index contributed by atoms with van der Waals surface area (Å²) in [4.78, 5) is 15.6. The van der Waals surface area contributed by atoms with Crippen molar-refractivity contribution < 1.29 is 4.79 Å². The highest BCUT2D eigenvalue weighted by atomic mass is 16.1. The van der Waals surface area contributed by atoms with Gasteiger partial charge in [0.25, 0.3) is 0 Å². The predicted molar refractivity (Wildman–Crippen MR) is 77.6 cm³/mol. The second-order valence-electron chi connectivity index (χ2n) is 4.45. The fourth-order valence-corrected chi connectivity index (χ4v) is 1.61. The first kappa shape index (κ1) is 15.2. The van der Waals surface area contributed by atoms with Crippen molar-refractivity contribution in [3.63, 3.8) is 0 Å². The van der Waals surface area contributed by atoms with Crippen LogP contribution >= 0.6 is 0 Å². The van der Waals surface area contributed by atoms with Crippen molar-refractivity contribution in [1.29, 1.82) is 0 Å². The summed E-state index contributed by atoms with van der Waals surface area (Å²) in [5.74, 6) is 0.604. The average Bonchev–Trinajstić information content (AvgIpc) is 2.41. The molecule has 1 amide bonds. The maximum Gasteiger partial charge on any atom is 0.220 e. The van der Waals surface area contributed by atoms with Crippen LogP contribution in [0.25, 0.3) is 0 Å². The van der Waals surface area contributed by atoms with E-state index in [0.717, 1.165) is 17.5 Å². The summed E-state index contributed by atoms with van der Waals surface area (Å²) in [5.41, 5.74) is 13.0. The second kappa shape index (κ2) is 8.26. The van der Waals surface area contributed by atoms with Crippen LogP contribution in [-0.2, 0) is 17.9 Å². The summed E-state index contributed by atoms with van der Waals surface area (Å²) in [6.45, 7) is 3.40. The molecular formula is C14H22N4O. The summed E-state index contributed by atoms with van der Waals surface area (Å²) in [6.07, 6.45) is 1.20. The highest BCUT2D eigenvalue weighted by Gasteiger charge is 2.01. The van der Waals surface area contributed by atoms with E-state index in [4.69, 9.17) is 11.5 Å². The molecule has 0 aliphatic heterocycles. The summed E-state index contributed by atoms with van der Waals surface area (Å²) in [5, 5.41) is 2.87. The molecular weight excluding hydrogens is 240 g/mol. The molecule has 0 atom stereocenters. The van der Waals surface area contributed by atoms with Gasteiger partial charge in [-0.1, -0.05) is 24.3 Å². The van der Waals surface area contributed by atoms with Gasteiger partial charge in [-0.25, -0.2) is 0 Å². The molecule has 0 aromatic heterocycles. The molecule has 1 aromatic carbocycles. The molecule has 104 valence electrons. The van der Waals surface area contributed by atoms with Crippen LogP contribution in [-0.4, -0.2) is 18.3 Å². The minimum Gasteiger partial charge on any atom is -0.388 e. The fourth-order valence-electron chi connectivity index (χ4n) is 1.61. The van der Waals surface area contributed by atoms with Gasteiger partial charge in [-0.3, -0.25) is 9.79 Å². The van der Waals surface area contributed by atoms with E-state index in [1.54, 1.807) is 6.92 Å². The Labute approximate surface area is 114 Å². The van der Waals surface area contributed by atoms with Crippen molar-refractivity contribution in [3.8, 4) is 0 Å². The first-order chi connectivity index (χ1) is 9.11. The van der Waals surface area contributed by atoms with E-state index in [1.807, 2.05) is 24.3 Å². The van der Waals surface area contributed by atoms with E-state index in [0.29, 0.717) is 31.9 Å². The van der Waals surface area contributed by atoms with Gasteiger partial charge in [0.1, 0.15) is 0 Å². The van der Waals surface area contributed by atoms with Gasteiger partial charge in [-0.2, -0.15) is 0 Å². The molecule has 0 fully saturated rings. The SMILES string of the molecule is CC(N)=NCc1cccc(CNC(=O)CCCN)c1. The smallest absolute Gasteiger partial charge is 0.220 e. The lowest BCUT2D eigenvalue weighted by molar-refractivity contribution is -0.121. The van der Waals surface area contributed by atoms with Gasteiger partial charge >= 0.3 is 0 Å². The van der Waals surface area contributed by atoms with Gasteiger partial charge in [0.15, 0.2) is 0 Å². The Morgan fingerprint density at radius 2 is 2.11 bits per heavy atom. The number of aliphatic imine (C=N–C) groups is 1. The molecule has 1 rings (SSSR count). The molecule has 0 bridgehead atoms. The maximum absolute atomic E-state index is 11.5. The Balaban J connectivity index is 2.48. The molecule has 0 aliphatic carbocycles. The van der Waals surface area contributed by atoms with Crippen molar-refractivity contribution in [3.05, 3.63) is 35.4 Å². The van der Waals surface area contributed by atoms with Crippen LogP contribution < -0.4 is 16.8 Å². The number of nitrogens with two attached hydrogens (primary N) is 2. The van der Waals surface area contributed by atoms with Crippen molar-refractivity contribution in [1.82, 2.24) is 5.32 Å². The molecule has 0 saturated carbocycles. The summed E-state index contributed by atoms with van der Waals surface area (Å²) in [6, 6.07) is 7.95. The van der Waals surface area contributed by atoms with Crippen molar-refractivity contribution in [2.24, 2.45) is 16.5 Å². The van der Waals surface area contributed by atoms with Gasteiger partial charge in [-0.15, -0.1) is 0 Å². The zero-order valence-electron chi connectivity index (χ0n) is 11.4. The van der Waals surface area contributed by atoms with E-state index in [2.05, 4.69) is 10.3 Å². The Kier molecular flexibility index (Phi) is 6.60. The lowest BCUT2D eigenvalue weighted by Crippen LogP contribution is -2.23. The highest BCUT2D eigenvalue weighted by Crippen LogP contribution is 2.06. The van der Waals surface area contributed by atoms with Gasteiger partial charge < -0.3 is 16.8 Å². The number of carbonyl (C=O) groups is 1. The number of amidine groups is 1. The molecule has 5 nitrogen and oxygen atoms in total. The number of amides is 1. The number of hydrogen-bond donors (Lipinski definition) is 3. The summed E-state index contributed by atoms with van der Waals surface area (Å²) in [7, 11) is 0. The van der Waals surface area contributed by atoms with Crippen LogP contribution in [0.2, 0.25) is 0 Å². The molecule has 5 N–H and O–H groups in total. The number of nitrogens with zero attached hydrogens (tertiary/aromatic N) is 1. The number of carbonyl (C=O) groups excluding carboxylic acids is 1. The first-order valence-corrected chi connectivity index (χ1v) is 6.43. The van der Waals surface area contributed by atoms with Gasteiger partial charge in [0.2, 0.25) is 5.91 Å².